The standard InChI is InChI=1S/C16H20FN3O/c1-10-6-12(8-13(17)7-10)15-19-16(21-20-15)14-5-3-2-4-11(14)9-18/h6-8,11,14H,2-5,9,18H2,1H3. The maximum Gasteiger partial charge on any atom is 0.230 e. The van der Waals surface area contributed by atoms with E-state index in [1.54, 1.807) is 0 Å². The third-order valence-corrected chi connectivity index (χ3v) is 4.27. The second kappa shape index (κ2) is 5.93. The van der Waals surface area contributed by atoms with Crippen LogP contribution in [0.4, 0.5) is 4.39 Å². The molecule has 2 unspecified atom stereocenters. The van der Waals surface area contributed by atoms with Gasteiger partial charge in [0.25, 0.3) is 0 Å². The Balaban J connectivity index is 1.88. The summed E-state index contributed by atoms with van der Waals surface area (Å²) in [7, 11) is 0. The summed E-state index contributed by atoms with van der Waals surface area (Å²) in [6.07, 6.45) is 4.52. The molecular formula is C16H20FN3O. The molecule has 2 atom stereocenters. The van der Waals surface area contributed by atoms with Crippen LogP contribution in [0.5, 0.6) is 0 Å². The number of nitrogens with zero attached hydrogens (tertiary/aromatic N) is 2. The Morgan fingerprint density at radius 1 is 1.29 bits per heavy atom. The molecule has 0 bridgehead atoms. The summed E-state index contributed by atoms with van der Waals surface area (Å²) in [6, 6.07) is 4.78. The van der Waals surface area contributed by atoms with Gasteiger partial charge < -0.3 is 10.3 Å². The number of hydrogen-bond donors (Lipinski definition) is 1. The number of halogens is 1. The third kappa shape index (κ3) is 2.97. The first kappa shape index (κ1) is 14.2. The van der Waals surface area contributed by atoms with Gasteiger partial charge in [-0.25, -0.2) is 4.39 Å². The van der Waals surface area contributed by atoms with Crippen molar-refractivity contribution in [1.29, 1.82) is 0 Å². The van der Waals surface area contributed by atoms with Gasteiger partial charge >= 0.3 is 0 Å². The molecule has 1 aromatic carbocycles. The Labute approximate surface area is 123 Å². The van der Waals surface area contributed by atoms with E-state index in [0.717, 1.165) is 24.8 Å². The second-order valence-electron chi connectivity index (χ2n) is 5.86. The molecule has 1 aliphatic rings. The number of hydrogen-bond acceptors (Lipinski definition) is 4. The topological polar surface area (TPSA) is 64.9 Å². The van der Waals surface area contributed by atoms with Crippen molar-refractivity contribution in [3.63, 3.8) is 0 Å². The van der Waals surface area contributed by atoms with Crippen LogP contribution in [0.15, 0.2) is 22.7 Å². The molecule has 0 spiro atoms. The number of aromatic nitrogens is 2. The Morgan fingerprint density at radius 2 is 2.10 bits per heavy atom. The van der Waals surface area contributed by atoms with Crippen molar-refractivity contribution >= 4 is 0 Å². The molecule has 1 heterocycles. The van der Waals surface area contributed by atoms with E-state index in [1.165, 1.54) is 18.6 Å². The summed E-state index contributed by atoms with van der Waals surface area (Å²) in [5, 5.41) is 4.02. The van der Waals surface area contributed by atoms with Crippen molar-refractivity contribution in [2.45, 2.75) is 38.5 Å². The predicted octanol–water partition coefficient (Wildman–Crippen LogP) is 3.42. The van der Waals surface area contributed by atoms with Gasteiger partial charge in [-0.05, 0) is 56.0 Å². The van der Waals surface area contributed by atoms with E-state index in [2.05, 4.69) is 10.1 Å². The Kier molecular flexibility index (Phi) is 4.01. The molecular weight excluding hydrogens is 269 g/mol. The molecule has 2 N–H and O–H groups in total. The molecule has 1 aromatic heterocycles. The fraction of sp³-hybridized carbons (Fsp3) is 0.500. The molecule has 112 valence electrons. The van der Waals surface area contributed by atoms with Gasteiger partial charge in [0.05, 0.1) is 0 Å². The van der Waals surface area contributed by atoms with E-state index in [0.29, 0.717) is 29.7 Å². The fourth-order valence-corrected chi connectivity index (χ4v) is 3.18. The highest BCUT2D eigenvalue weighted by atomic mass is 19.1. The third-order valence-electron chi connectivity index (χ3n) is 4.27. The van der Waals surface area contributed by atoms with Gasteiger partial charge in [-0.1, -0.05) is 18.0 Å². The molecule has 0 amide bonds. The lowest BCUT2D eigenvalue weighted by molar-refractivity contribution is 0.249. The minimum atomic E-state index is -0.283. The van der Waals surface area contributed by atoms with Gasteiger partial charge in [0.2, 0.25) is 11.7 Å². The number of rotatable bonds is 3. The Bertz CT molecular complexity index is 605. The first-order valence-corrected chi connectivity index (χ1v) is 7.48. The van der Waals surface area contributed by atoms with Gasteiger partial charge in [0.15, 0.2) is 0 Å². The lowest BCUT2D eigenvalue weighted by atomic mass is 9.79. The second-order valence-corrected chi connectivity index (χ2v) is 5.86. The number of benzene rings is 1. The lowest BCUT2D eigenvalue weighted by Gasteiger charge is -2.27. The van der Waals surface area contributed by atoms with Crippen LogP contribution in [0.1, 0.15) is 43.1 Å². The minimum Gasteiger partial charge on any atom is -0.339 e. The van der Waals surface area contributed by atoms with Crippen LogP contribution in [0.25, 0.3) is 11.4 Å². The predicted molar refractivity (Wildman–Crippen MR) is 78.2 cm³/mol. The maximum atomic E-state index is 13.5. The van der Waals surface area contributed by atoms with Crippen LogP contribution in [0, 0.1) is 18.7 Å². The van der Waals surface area contributed by atoms with Crippen molar-refractivity contribution in [3.8, 4) is 11.4 Å². The molecule has 5 heteroatoms. The van der Waals surface area contributed by atoms with Gasteiger partial charge in [0, 0.05) is 11.5 Å². The molecule has 1 saturated carbocycles. The fourth-order valence-electron chi connectivity index (χ4n) is 3.18. The van der Waals surface area contributed by atoms with Gasteiger partial charge in [-0.2, -0.15) is 4.98 Å². The molecule has 1 fully saturated rings. The van der Waals surface area contributed by atoms with E-state index in [4.69, 9.17) is 10.3 Å². The number of nitrogens with two attached hydrogens (primary N) is 1. The molecule has 0 saturated heterocycles. The zero-order chi connectivity index (χ0) is 14.8. The average molecular weight is 289 g/mol. The summed E-state index contributed by atoms with van der Waals surface area (Å²) < 4.78 is 18.9. The normalized spacial score (nSPS) is 22.4. The van der Waals surface area contributed by atoms with Crippen molar-refractivity contribution in [3.05, 3.63) is 35.5 Å². The molecule has 21 heavy (non-hydrogen) atoms. The van der Waals surface area contributed by atoms with Crippen molar-refractivity contribution in [2.24, 2.45) is 11.7 Å². The first-order chi connectivity index (χ1) is 10.2. The van der Waals surface area contributed by atoms with Crippen molar-refractivity contribution in [1.82, 2.24) is 10.1 Å². The maximum absolute atomic E-state index is 13.5. The highest BCUT2D eigenvalue weighted by Gasteiger charge is 2.30. The van der Waals surface area contributed by atoms with Crippen LogP contribution in [-0.4, -0.2) is 16.7 Å². The zero-order valence-corrected chi connectivity index (χ0v) is 12.2. The van der Waals surface area contributed by atoms with E-state index in [-0.39, 0.29) is 11.7 Å². The quantitative estimate of drug-likeness (QED) is 0.940. The summed E-state index contributed by atoms with van der Waals surface area (Å²) >= 11 is 0. The van der Waals surface area contributed by atoms with Crippen LogP contribution < -0.4 is 5.73 Å². The zero-order valence-electron chi connectivity index (χ0n) is 12.2. The van der Waals surface area contributed by atoms with Crippen LogP contribution in [0.3, 0.4) is 0 Å². The van der Waals surface area contributed by atoms with Crippen LogP contribution >= 0.6 is 0 Å². The molecule has 0 aliphatic heterocycles. The average Bonchev–Trinajstić information content (AvgIpc) is 2.96. The van der Waals surface area contributed by atoms with E-state index in [9.17, 15) is 4.39 Å². The molecule has 4 nitrogen and oxygen atoms in total. The van der Waals surface area contributed by atoms with E-state index < -0.39 is 0 Å². The number of aryl methyl sites for hydroxylation is 1. The van der Waals surface area contributed by atoms with Crippen LogP contribution in [-0.2, 0) is 0 Å². The summed E-state index contributed by atoms with van der Waals surface area (Å²) in [4.78, 5) is 4.48. The van der Waals surface area contributed by atoms with Crippen LogP contribution in [0.2, 0.25) is 0 Å². The lowest BCUT2D eigenvalue weighted by Crippen LogP contribution is -2.25. The molecule has 1 aliphatic carbocycles. The summed E-state index contributed by atoms with van der Waals surface area (Å²) in [5.74, 6) is 1.45. The summed E-state index contributed by atoms with van der Waals surface area (Å²) in [6.45, 7) is 2.49. The molecule has 3 rings (SSSR count). The smallest absolute Gasteiger partial charge is 0.230 e. The molecule has 0 radical (unpaired) electrons. The van der Waals surface area contributed by atoms with Gasteiger partial charge in [-0.15, -0.1) is 0 Å². The monoisotopic (exact) mass is 289 g/mol. The highest BCUT2D eigenvalue weighted by molar-refractivity contribution is 5.55. The first-order valence-electron chi connectivity index (χ1n) is 7.48. The Morgan fingerprint density at radius 3 is 2.86 bits per heavy atom. The van der Waals surface area contributed by atoms with Gasteiger partial charge in [-0.3, -0.25) is 0 Å². The SMILES string of the molecule is Cc1cc(F)cc(-c2noc(C3CCCCC3CN)n2)c1. The molecule has 2 aromatic rings. The van der Waals surface area contributed by atoms with Crippen molar-refractivity contribution < 1.29 is 8.91 Å². The van der Waals surface area contributed by atoms with Crippen molar-refractivity contribution in [2.75, 3.05) is 6.54 Å². The van der Waals surface area contributed by atoms with E-state index >= 15 is 0 Å². The summed E-state index contributed by atoms with van der Waals surface area (Å²) in [5.41, 5.74) is 7.35. The highest BCUT2D eigenvalue weighted by Crippen LogP contribution is 2.37. The Hall–Kier alpha value is -1.75. The largest absolute Gasteiger partial charge is 0.339 e. The van der Waals surface area contributed by atoms with E-state index in [1.807, 2.05) is 13.0 Å². The minimum absolute atomic E-state index is 0.236. The van der Waals surface area contributed by atoms with Gasteiger partial charge in [0.1, 0.15) is 5.82 Å².